The first-order chi connectivity index (χ1) is 14.1. The Labute approximate surface area is 177 Å². The Bertz CT molecular complexity index is 935. The lowest BCUT2D eigenvalue weighted by molar-refractivity contribution is -0.132. The van der Waals surface area contributed by atoms with Gasteiger partial charge in [0, 0.05) is 19.1 Å². The standard InChI is InChI=1S/C17H28N4O7S2/c1-18-9-4-10-20(29(3,24)25)13-11-16(17(22)19-23)21(12-13)30(26,27)15-7-5-14(28-2)6-8-15/h5-8,13,16,18,23H,4,9-12H2,1-3H3,(H,19,22)/t13-,16+/m0/s1. The monoisotopic (exact) mass is 464 g/mol. The quantitative estimate of drug-likeness (QED) is 0.232. The van der Waals surface area contributed by atoms with Gasteiger partial charge in [0.25, 0.3) is 5.91 Å². The molecule has 0 unspecified atom stereocenters. The number of nitrogens with one attached hydrogen (secondary N) is 2. The number of methoxy groups -OCH3 is 1. The van der Waals surface area contributed by atoms with Gasteiger partial charge in [0.2, 0.25) is 20.0 Å². The largest absolute Gasteiger partial charge is 0.497 e. The Kier molecular flexibility index (Phi) is 8.19. The maximum Gasteiger partial charge on any atom is 0.261 e. The van der Waals surface area contributed by atoms with Gasteiger partial charge in [0.05, 0.1) is 18.3 Å². The van der Waals surface area contributed by atoms with Gasteiger partial charge in [-0.2, -0.15) is 8.61 Å². The van der Waals surface area contributed by atoms with Crippen LogP contribution in [0.1, 0.15) is 12.8 Å². The van der Waals surface area contributed by atoms with Crippen molar-refractivity contribution in [2.45, 2.75) is 29.8 Å². The number of carbonyl (C=O) groups is 1. The summed E-state index contributed by atoms with van der Waals surface area (Å²) in [5.74, 6) is -0.455. The highest BCUT2D eigenvalue weighted by Crippen LogP contribution is 2.30. The van der Waals surface area contributed by atoms with Gasteiger partial charge in [-0.05, 0) is 50.7 Å². The Morgan fingerprint density at radius 2 is 1.90 bits per heavy atom. The zero-order valence-corrected chi connectivity index (χ0v) is 18.7. The molecule has 0 radical (unpaired) electrons. The molecule has 0 saturated carbocycles. The van der Waals surface area contributed by atoms with E-state index < -0.39 is 38.0 Å². The van der Waals surface area contributed by atoms with Crippen LogP contribution in [0.25, 0.3) is 0 Å². The lowest BCUT2D eigenvalue weighted by Gasteiger charge is -2.26. The van der Waals surface area contributed by atoms with Crippen LogP contribution in [0.15, 0.2) is 29.2 Å². The Hall–Kier alpha value is -1.77. The smallest absolute Gasteiger partial charge is 0.261 e. The van der Waals surface area contributed by atoms with Gasteiger partial charge in [0.15, 0.2) is 0 Å². The minimum atomic E-state index is -4.13. The third kappa shape index (κ3) is 5.47. The predicted molar refractivity (Wildman–Crippen MR) is 109 cm³/mol. The Balaban J connectivity index is 2.38. The van der Waals surface area contributed by atoms with Crippen molar-refractivity contribution in [1.82, 2.24) is 19.4 Å². The molecule has 30 heavy (non-hydrogen) atoms. The van der Waals surface area contributed by atoms with Crippen LogP contribution in [-0.2, 0) is 24.8 Å². The zero-order chi connectivity index (χ0) is 22.5. The van der Waals surface area contributed by atoms with Crippen molar-refractivity contribution in [2.24, 2.45) is 0 Å². The summed E-state index contributed by atoms with van der Waals surface area (Å²) in [5.41, 5.74) is 1.49. The molecule has 1 amide bonds. The Morgan fingerprint density at radius 3 is 2.40 bits per heavy atom. The molecule has 1 aliphatic heterocycles. The number of sulfonamides is 2. The molecule has 170 valence electrons. The van der Waals surface area contributed by atoms with E-state index in [4.69, 9.17) is 9.94 Å². The van der Waals surface area contributed by atoms with Crippen LogP contribution in [0.2, 0.25) is 0 Å². The summed E-state index contributed by atoms with van der Waals surface area (Å²) in [6.45, 7) is 0.542. The van der Waals surface area contributed by atoms with Crippen molar-refractivity contribution in [3.05, 3.63) is 24.3 Å². The number of hydroxylamine groups is 1. The summed E-state index contributed by atoms with van der Waals surface area (Å²) >= 11 is 0. The molecule has 1 heterocycles. The van der Waals surface area contributed by atoms with Gasteiger partial charge in [-0.3, -0.25) is 10.0 Å². The number of rotatable bonds is 10. The fraction of sp³-hybridized carbons (Fsp3) is 0.588. The second kappa shape index (κ2) is 10.0. The molecule has 13 heteroatoms. The van der Waals surface area contributed by atoms with Crippen molar-refractivity contribution in [3.63, 3.8) is 0 Å². The molecule has 1 aromatic carbocycles. The summed E-state index contributed by atoms with van der Waals surface area (Å²) in [6, 6.07) is 3.64. The van der Waals surface area contributed by atoms with Crippen LogP contribution in [0.5, 0.6) is 5.75 Å². The summed E-state index contributed by atoms with van der Waals surface area (Å²) in [4.78, 5) is 12.1. The zero-order valence-electron chi connectivity index (χ0n) is 17.1. The summed E-state index contributed by atoms with van der Waals surface area (Å²) < 4.78 is 58.2. The summed E-state index contributed by atoms with van der Waals surface area (Å²) in [6.07, 6.45) is 1.49. The second-order valence-electron chi connectivity index (χ2n) is 6.96. The average molecular weight is 465 g/mol. The molecule has 2 rings (SSSR count). The maximum atomic E-state index is 13.2. The third-order valence-electron chi connectivity index (χ3n) is 4.95. The fourth-order valence-corrected chi connectivity index (χ4v) is 6.28. The number of hydrogen-bond acceptors (Lipinski definition) is 8. The van der Waals surface area contributed by atoms with Gasteiger partial charge in [-0.15, -0.1) is 0 Å². The number of carbonyl (C=O) groups excluding carboxylic acids is 1. The first-order valence-electron chi connectivity index (χ1n) is 9.27. The van der Waals surface area contributed by atoms with E-state index in [1.165, 1.54) is 41.2 Å². The van der Waals surface area contributed by atoms with Crippen molar-refractivity contribution in [1.29, 1.82) is 0 Å². The predicted octanol–water partition coefficient (Wildman–Crippen LogP) is -0.797. The minimum absolute atomic E-state index is 0.0687. The van der Waals surface area contributed by atoms with Gasteiger partial charge in [0.1, 0.15) is 11.8 Å². The first kappa shape index (κ1) is 24.5. The highest BCUT2D eigenvalue weighted by Gasteiger charge is 2.47. The van der Waals surface area contributed by atoms with E-state index in [0.717, 1.165) is 10.6 Å². The molecule has 3 N–H and O–H groups in total. The number of hydrogen-bond donors (Lipinski definition) is 3. The lowest BCUT2D eigenvalue weighted by Crippen LogP contribution is -2.45. The highest BCUT2D eigenvalue weighted by molar-refractivity contribution is 7.89. The van der Waals surface area contributed by atoms with Crippen LogP contribution < -0.4 is 15.5 Å². The molecular formula is C17H28N4O7S2. The summed E-state index contributed by atoms with van der Waals surface area (Å²) in [5, 5.41) is 12.0. The third-order valence-corrected chi connectivity index (χ3v) is 8.17. The molecule has 1 saturated heterocycles. The molecule has 0 spiro atoms. The summed E-state index contributed by atoms with van der Waals surface area (Å²) in [7, 11) is -4.60. The van der Waals surface area contributed by atoms with Crippen LogP contribution in [0, 0.1) is 0 Å². The second-order valence-corrected chi connectivity index (χ2v) is 10.8. The first-order valence-corrected chi connectivity index (χ1v) is 12.6. The van der Waals surface area contributed by atoms with Crippen molar-refractivity contribution < 1.29 is 31.6 Å². The minimum Gasteiger partial charge on any atom is -0.497 e. The molecule has 1 fully saturated rings. The van der Waals surface area contributed by atoms with Gasteiger partial charge < -0.3 is 10.1 Å². The van der Waals surface area contributed by atoms with Crippen LogP contribution >= 0.6 is 0 Å². The van der Waals surface area contributed by atoms with E-state index in [9.17, 15) is 21.6 Å². The molecule has 11 nitrogen and oxygen atoms in total. The number of amides is 1. The van der Waals surface area contributed by atoms with E-state index in [1.807, 2.05) is 0 Å². The van der Waals surface area contributed by atoms with E-state index in [-0.39, 0.29) is 24.4 Å². The molecule has 2 atom stereocenters. The molecule has 0 bridgehead atoms. The van der Waals surface area contributed by atoms with Gasteiger partial charge in [-0.1, -0.05) is 0 Å². The molecule has 1 aliphatic rings. The molecular weight excluding hydrogens is 436 g/mol. The number of ether oxygens (including phenoxy) is 1. The number of nitrogens with zero attached hydrogens (tertiary/aromatic N) is 2. The SMILES string of the molecule is CNCCCN([C@H]1C[C@H](C(=O)NO)N(S(=O)(=O)c2ccc(OC)cc2)C1)S(C)(=O)=O. The molecule has 0 aliphatic carbocycles. The normalized spacial score (nSPS) is 20.4. The van der Waals surface area contributed by atoms with E-state index >= 15 is 0 Å². The topological polar surface area (TPSA) is 145 Å². The van der Waals surface area contributed by atoms with Crippen molar-refractivity contribution >= 4 is 26.0 Å². The van der Waals surface area contributed by atoms with Gasteiger partial charge in [-0.25, -0.2) is 22.3 Å². The van der Waals surface area contributed by atoms with Crippen LogP contribution in [0.3, 0.4) is 0 Å². The highest BCUT2D eigenvalue weighted by atomic mass is 32.2. The van der Waals surface area contributed by atoms with Gasteiger partial charge >= 0.3 is 0 Å². The molecule has 0 aromatic heterocycles. The van der Waals surface area contributed by atoms with E-state index in [1.54, 1.807) is 7.05 Å². The molecule has 1 aromatic rings. The van der Waals surface area contributed by atoms with Crippen molar-refractivity contribution in [2.75, 3.05) is 40.0 Å². The van der Waals surface area contributed by atoms with Crippen molar-refractivity contribution in [3.8, 4) is 5.75 Å². The fourth-order valence-electron chi connectivity index (χ4n) is 3.49. The average Bonchev–Trinajstić information content (AvgIpc) is 3.15. The van der Waals surface area contributed by atoms with E-state index in [0.29, 0.717) is 18.7 Å². The maximum absolute atomic E-state index is 13.2. The number of benzene rings is 1. The van der Waals surface area contributed by atoms with Crippen LogP contribution in [-0.4, -0.2) is 88.7 Å². The van der Waals surface area contributed by atoms with E-state index in [2.05, 4.69) is 5.32 Å². The Morgan fingerprint density at radius 1 is 1.27 bits per heavy atom. The van der Waals surface area contributed by atoms with Crippen LogP contribution in [0.4, 0.5) is 0 Å². The lowest BCUT2D eigenvalue weighted by atomic mass is 10.1.